The molecule has 0 spiro atoms. The summed E-state index contributed by atoms with van der Waals surface area (Å²) in [5, 5.41) is 80.6. The second kappa shape index (κ2) is 6.88. The lowest BCUT2D eigenvalue weighted by Gasteiger charge is -2.38. The Bertz CT molecular complexity index is 538. The minimum absolute atomic E-state index is 0.150. The highest BCUT2D eigenvalue weighted by Crippen LogP contribution is 2.42. The molecule has 11 nitrogen and oxygen atoms in total. The van der Waals surface area contributed by atoms with Gasteiger partial charge in [0.05, 0.1) is 30.6 Å². The van der Waals surface area contributed by atoms with Gasteiger partial charge in [-0.3, -0.25) is 0 Å². The maximum atomic E-state index is 10.4. The highest BCUT2D eigenvalue weighted by atomic mass is 32.2. The van der Waals surface area contributed by atoms with Crippen LogP contribution in [-0.2, 0) is 4.74 Å². The zero-order chi connectivity index (χ0) is 18.5. The first-order valence-electron chi connectivity index (χ1n) is 7.75. The number of thioether (sulfide) groups is 1. The topological polar surface area (TPSA) is 195 Å². The molecule has 3 rings (SSSR count). The van der Waals surface area contributed by atoms with E-state index < -0.39 is 73.0 Å². The van der Waals surface area contributed by atoms with Crippen LogP contribution in [0, 0.1) is 0 Å². The largest absolute Gasteiger partial charge is 0.394 e. The van der Waals surface area contributed by atoms with Crippen LogP contribution in [-0.4, -0.2) is 119 Å². The molecule has 144 valence electrons. The number of ether oxygens (including phenoxy) is 1. The van der Waals surface area contributed by atoms with Crippen molar-refractivity contribution in [3.05, 3.63) is 0 Å². The Morgan fingerprint density at radius 1 is 1.04 bits per heavy atom. The summed E-state index contributed by atoms with van der Waals surface area (Å²) in [4.78, 5) is 4.07. The molecule has 12 heteroatoms. The van der Waals surface area contributed by atoms with E-state index in [-0.39, 0.29) is 5.17 Å². The van der Waals surface area contributed by atoms with Crippen LogP contribution in [0.3, 0.4) is 0 Å². The van der Waals surface area contributed by atoms with E-state index in [1.165, 1.54) is 0 Å². The van der Waals surface area contributed by atoms with Crippen molar-refractivity contribution in [2.45, 2.75) is 59.7 Å². The summed E-state index contributed by atoms with van der Waals surface area (Å²) in [5.41, 5.74) is -1.97. The summed E-state index contributed by atoms with van der Waals surface area (Å²) in [6.45, 7) is -1.37. The fourth-order valence-electron chi connectivity index (χ4n) is 3.35. The van der Waals surface area contributed by atoms with Crippen LogP contribution in [0.15, 0.2) is 4.99 Å². The first kappa shape index (κ1) is 19.2. The van der Waals surface area contributed by atoms with Gasteiger partial charge in [-0.25, -0.2) is 4.99 Å². The van der Waals surface area contributed by atoms with Crippen LogP contribution < -0.4 is 5.32 Å². The van der Waals surface area contributed by atoms with Crippen molar-refractivity contribution in [1.29, 1.82) is 0 Å². The van der Waals surface area contributed by atoms with Gasteiger partial charge in [0.25, 0.3) is 0 Å². The summed E-state index contributed by atoms with van der Waals surface area (Å²) in [6, 6.07) is -0.892. The van der Waals surface area contributed by atoms with Crippen molar-refractivity contribution in [2.24, 2.45) is 4.99 Å². The summed E-state index contributed by atoms with van der Waals surface area (Å²) in [6.07, 6.45) is -9.90. The van der Waals surface area contributed by atoms with Gasteiger partial charge < -0.3 is 50.9 Å². The minimum Gasteiger partial charge on any atom is -0.394 e. The number of aliphatic hydroxyl groups excluding tert-OH is 7. The van der Waals surface area contributed by atoms with E-state index in [9.17, 15) is 40.9 Å². The first-order valence-corrected chi connectivity index (χ1v) is 8.63. The highest BCUT2D eigenvalue weighted by Gasteiger charge is 2.62. The Labute approximate surface area is 146 Å². The smallest absolute Gasteiger partial charge is 0.180 e. The van der Waals surface area contributed by atoms with Gasteiger partial charge in [0.15, 0.2) is 11.4 Å². The van der Waals surface area contributed by atoms with Crippen molar-refractivity contribution in [2.75, 3.05) is 13.2 Å². The lowest BCUT2D eigenvalue weighted by Crippen LogP contribution is -2.58. The molecule has 1 saturated carbocycles. The number of hydrogen-bond donors (Lipinski definition) is 9. The van der Waals surface area contributed by atoms with Gasteiger partial charge in [-0.1, -0.05) is 11.8 Å². The second-order valence-electron chi connectivity index (χ2n) is 6.44. The van der Waals surface area contributed by atoms with Gasteiger partial charge in [0.2, 0.25) is 0 Å². The molecule has 0 aromatic carbocycles. The van der Waals surface area contributed by atoms with Crippen LogP contribution in [0.1, 0.15) is 0 Å². The molecule has 1 aliphatic carbocycles. The number of nitrogens with one attached hydrogen (secondary N) is 1. The third kappa shape index (κ3) is 2.96. The van der Waals surface area contributed by atoms with E-state index in [0.29, 0.717) is 0 Å². The fourth-order valence-corrected chi connectivity index (χ4v) is 4.69. The molecular weight excluding hydrogens is 360 g/mol. The molecule has 2 aliphatic heterocycles. The van der Waals surface area contributed by atoms with Gasteiger partial charge in [-0.05, 0) is 0 Å². The molecule has 2 heterocycles. The van der Waals surface area contributed by atoms with Crippen molar-refractivity contribution in [3.8, 4) is 0 Å². The normalized spacial score (nSPS) is 54.6. The predicted molar refractivity (Wildman–Crippen MR) is 83.6 cm³/mol. The van der Waals surface area contributed by atoms with Gasteiger partial charge in [-0.15, -0.1) is 0 Å². The van der Waals surface area contributed by atoms with Gasteiger partial charge in [-0.2, -0.15) is 0 Å². The highest BCUT2D eigenvalue weighted by molar-refractivity contribution is 8.14. The third-order valence-corrected chi connectivity index (χ3v) is 6.20. The van der Waals surface area contributed by atoms with Gasteiger partial charge in [0, 0.05) is 0 Å². The van der Waals surface area contributed by atoms with Crippen LogP contribution >= 0.6 is 11.8 Å². The summed E-state index contributed by atoms with van der Waals surface area (Å²) >= 11 is 0.977. The molecule has 0 aromatic heterocycles. The summed E-state index contributed by atoms with van der Waals surface area (Å²) < 4.78 is 5.27. The average molecular weight is 382 g/mol. The molecular formula is C13H22N2O9S. The molecule has 2 saturated heterocycles. The van der Waals surface area contributed by atoms with Crippen molar-refractivity contribution >= 4 is 16.9 Å². The quantitative estimate of drug-likeness (QED) is 0.226. The van der Waals surface area contributed by atoms with Crippen LogP contribution in [0.4, 0.5) is 0 Å². The van der Waals surface area contributed by atoms with E-state index in [2.05, 4.69) is 10.3 Å². The lowest BCUT2D eigenvalue weighted by molar-refractivity contribution is -0.226. The van der Waals surface area contributed by atoms with Crippen molar-refractivity contribution in [1.82, 2.24) is 5.32 Å². The molecule has 0 bridgehead atoms. The summed E-state index contributed by atoms with van der Waals surface area (Å²) in [7, 11) is 0. The molecule has 3 fully saturated rings. The molecule has 9 N–H and O–H groups in total. The maximum Gasteiger partial charge on any atom is 0.180 e. The predicted octanol–water partition coefficient (Wildman–Crippen LogP) is -5.33. The van der Waals surface area contributed by atoms with E-state index in [4.69, 9.17) is 4.74 Å². The Kier molecular flexibility index (Phi) is 5.30. The average Bonchev–Trinajstić information content (AvgIpc) is 3.10. The van der Waals surface area contributed by atoms with E-state index in [0.717, 1.165) is 11.8 Å². The molecule has 0 unspecified atom stereocenters. The number of hydrogen-bond acceptors (Lipinski definition) is 11. The van der Waals surface area contributed by atoms with Crippen LogP contribution in [0.2, 0.25) is 0 Å². The first-order chi connectivity index (χ1) is 11.7. The lowest BCUT2D eigenvalue weighted by atomic mass is 9.96. The Balaban J connectivity index is 1.78. The molecule has 3 aliphatic rings. The second-order valence-corrected chi connectivity index (χ2v) is 7.61. The zero-order valence-electron chi connectivity index (χ0n) is 13.0. The fraction of sp³-hybridized carbons (Fsp3) is 0.923. The third-order valence-electron chi connectivity index (χ3n) is 4.93. The molecule has 25 heavy (non-hydrogen) atoms. The monoisotopic (exact) mass is 382 g/mol. The summed E-state index contributed by atoms with van der Waals surface area (Å²) in [5.74, 6) is 0. The van der Waals surface area contributed by atoms with Gasteiger partial charge >= 0.3 is 0 Å². The minimum atomic E-state index is -1.97. The van der Waals surface area contributed by atoms with Crippen LogP contribution in [0.25, 0.3) is 0 Å². The number of aliphatic imine (C=N–C) groups is 1. The van der Waals surface area contributed by atoms with Crippen LogP contribution in [0.5, 0.6) is 0 Å². The number of amidine groups is 1. The Morgan fingerprint density at radius 2 is 1.72 bits per heavy atom. The van der Waals surface area contributed by atoms with E-state index in [1.807, 2.05) is 0 Å². The number of fused-ring (bicyclic) bond motifs is 1. The number of nitrogens with zero attached hydrogens (tertiary/aromatic N) is 1. The standard InChI is InChI=1S/C13H22N2O9S/c16-1-3-4(18)5(19)6(20)11(24-3)15-12-14-9-8(25-12)7(21)10(22)13(9,23)2-17/h3-11,16-23H,1-2H2,(H,14,15)/t3-,4-,5+,6-,7-,8-,9-,10+,11+,13+/m1/s1. The molecule has 0 radical (unpaired) electrons. The SMILES string of the molecule is OC[C@H]1O[C@H](N=C2N[C@@H]3[C@H](S2)[C@@H](O)[C@H](O)[C@]3(O)CO)[C@H](O)[C@@H](O)[C@@H]1O. The molecule has 0 amide bonds. The zero-order valence-corrected chi connectivity index (χ0v) is 13.8. The maximum absolute atomic E-state index is 10.4. The molecule has 0 aromatic rings. The van der Waals surface area contributed by atoms with Crippen molar-refractivity contribution < 1.29 is 45.6 Å². The Hall–Kier alpha value is -0.540. The Morgan fingerprint density at radius 3 is 2.32 bits per heavy atom. The van der Waals surface area contributed by atoms with E-state index in [1.54, 1.807) is 0 Å². The number of aliphatic hydroxyl groups is 8. The van der Waals surface area contributed by atoms with Crippen molar-refractivity contribution in [3.63, 3.8) is 0 Å². The molecule has 10 atom stereocenters. The van der Waals surface area contributed by atoms with E-state index >= 15 is 0 Å². The number of rotatable bonds is 3. The van der Waals surface area contributed by atoms with Gasteiger partial charge in [0.1, 0.15) is 36.1 Å².